The van der Waals surface area contributed by atoms with E-state index in [0.717, 1.165) is 0 Å². The molecule has 0 aromatic rings. The second-order valence-corrected chi connectivity index (χ2v) is 12.1. The fourth-order valence-electron chi connectivity index (χ4n) is 7.19. The highest BCUT2D eigenvalue weighted by Gasteiger charge is 2.42. The van der Waals surface area contributed by atoms with Crippen molar-refractivity contribution in [3.8, 4) is 0 Å². The lowest BCUT2D eigenvalue weighted by molar-refractivity contribution is 0.0213. The zero-order valence-corrected chi connectivity index (χ0v) is 21.8. The van der Waals surface area contributed by atoms with Gasteiger partial charge in [0.15, 0.2) is 0 Å². The molecule has 178 valence electrons. The van der Waals surface area contributed by atoms with E-state index in [1.54, 1.807) is 0 Å². The van der Waals surface area contributed by atoms with Gasteiger partial charge in [-0.25, -0.2) is 0 Å². The minimum atomic E-state index is 0.571. The van der Waals surface area contributed by atoms with Crippen molar-refractivity contribution in [3.05, 3.63) is 0 Å². The lowest BCUT2D eigenvalue weighted by atomic mass is 9.57. The molecule has 0 heteroatoms. The molecule has 2 rings (SSSR count). The van der Waals surface area contributed by atoms with Crippen molar-refractivity contribution in [1.82, 2.24) is 0 Å². The Bertz CT molecular complexity index is 419. The highest BCUT2D eigenvalue weighted by molar-refractivity contribution is 4.93. The molecule has 0 radical (unpaired) electrons. The van der Waals surface area contributed by atoms with Crippen LogP contribution in [0.2, 0.25) is 0 Å². The molecule has 0 amide bonds. The zero-order chi connectivity index (χ0) is 21.8. The smallest absolute Gasteiger partial charge is 0.0272 e. The van der Waals surface area contributed by atoms with Gasteiger partial charge in [-0.3, -0.25) is 0 Å². The molecule has 2 saturated carbocycles. The molecule has 0 aromatic carbocycles. The van der Waals surface area contributed by atoms with Crippen molar-refractivity contribution in [2.24, 2.45) is 16.2 Å². The lowest BCUT2D eigenvalue weighted by Crippen LogP contribution is -2.38. The van der Waals surface area contributed by atoms with Gasteiger partial charge in [-0.1, -0.05) is 137 Å². The molecule has 1 atom stereocenters. The molecular weight excluding hydrogens is 360 g/mol. The largest absolute Gasteiger partial charge is 0.0649 e. The Kier molecular flexibility index (Phi) is 11.8. The van der Waals surface area contributed by atoms with E-state index in [4.69, 9.17) is 0 Å². The number of hydrogen-bond acceptors (Lipinski definition) is 0. The second-order valence-electron chi connectivity index (χ2n) is 12.1. The summed E-state index contributed by atoms with van der Waals surface area (Å²) >= 11 is 0. The first-order chi connectivity index (χ1) is 14.5. The molecule has 0 bridgehead atoms. The highest BCUT2D eigenvalue weighted by atomic mass is 14.5. The number of rotatable bonds is 3. The van der Waals surface area contributed by atoms with Gasteiger partial charge in [-0.05, 0) is 54.8 Å². The van der Waals surface area contributed by atoms with E-state index >= 15 is 0 Å². The highest BCUT2D eigenvalue weighted by Crippen LogP contribution is 2.53. The summed E-state index contributed by atoms with van der Waals surface area (Å²) in [6, 6.07) is 0. The normalized spacial score (nSPS) is 30.8. The molecule has 0 spiro atoms. The van der Waals surface area contributed by atoms with Gasteiger partial charge >= 0.3 is 0 Å². The summed E-state index contributed by atoms with van der Waals surface area (Å²) < 4.78 is 0. The summed E-state index contributed by atoms with van der Waals surface area (Å²) in [4.78, 5) is 0. The Hall–Kier alpha value is 0. The van der Waals surface area contributed by atoms with Gasteiger partial charge in [0.1, 0.15) is 0 Å². The monoisotopic (exact) mass is 418 g/mol. The van der Waals surface area contributed by atoms with E-state index in [2.05, 4.69) is 27.7 Å². The fourth-order valence-corrected chi connectivity index (χ4v) is 7.19. The summed E-state index contributed by atoms with van der Waals surface area (Å²) in [7, 11) is 0. The Morgan fingerprint density at radius 2 is 0.600 bits per heavy atom. The summed E-state index contributed by atoms with van der Waals surface area (Å²) in [6.07, 6.45) is 34.1. The minimum Gasteiger partial charge on any atom is -0.0649 e. The van der Waals surface area contributed by atoms with Crippen LogP contribution in [0.1, 0.15) is 175 Å². The van der Waals surface area contributed by atoms with Crippen molar-refractivity contribution in [2.75, 3.05) is 0 Å². The molecule has 30 heavy (non-hydrogen) atoms. The standard InChI is InChI=1S/C30H58/c1-5-30(6-2)26-20-14-13-18-24-29(4,25-19-15-21-27-30)28(3)22-16-11-9-7-8-10-12-17-23-28/h5-27H2,1-4H3. The van der Waals surface area contributed by atoms with Crippen molar-refractivity contribution in [2.45, 2.75) is 175 Å². The molecule has 0 saturated heterocycles. The Morgan fingerprint density at radius 1 is 0.367 bits per heavy atom. The molecule has 2 fully saturated rings. The van der Waals surface area contributed by atoms with Crippen LogP contribution in [0.5, 0.6) is 0 Å². The maximum Gasteiger partial charge on any atom is -0.0272 e. The molecule has 0 heterocycles. The Labute approximate surface area is 191 Å². The van der Waals surface area contributed by atoms with Gasteiger partial charge in [0.25, 0.3) is 0 Å². The van der Waals surface area contributed by atoms with Crippen LogP contribution >= 0.6 is 0 Å². The van der Waals surface area contributed by atoms with Crippen LogP contribution in [0.4, 0.5) is 0 Å². The first kappa shape index (κ1) is 26.3. The zero-order valence-electron chi connectivity index (χ0n) is 21.8. The SMILES string of the molecule is CCC1(CC)CCCCCCC(C)(C2(C)CCCCCCCCCC2)CCCCC1. The third kappa shape index (κ3) is 7.85. The van der Waals surface area contributed by atoms with E-state index < -0.39 is 0 Å². The van der Waals surface area contributed by atoms with Gasteiger partial charge in [-0.15, -0.1) is 0 Å². The van der Waals surface area contributed by atoms with Crippen LogP contribution in [0.15, 0.2) is 0 Å². The van der Waals surface area contributed by atoms with Crippen LogP contribution < -0.4 is 0 Å². The van der Waals surface area contributed by atoms with Crippen molar-refractivity contribution < 1.29 is 0 Å². The van der Waals surface area contributed by atoms with E-state index in [1.165, 1.54) is 148 Å². The van der Waals surface area contributed by atoms with E-state index in [-0.39, 0.29) is 0 Å². The Balaban J connectivity index is 2.06. The average molecular weight is 419 g/mol. The summed E-state index contributed by atoms with van der Waals surface area (Å²) in [5, 5.41) is 0. The second kappa shape index (κ2) is 13.5. The quantitative estimate of drug-likeness (QED) is 0.427. The first-order valence-electron chi connectivity index (χ1n) is 14.5. The van der Waals surface area contributed by atoms with Crippen molar-refractivity contribution in [1.29, 1.82) is 0 Å². The molecule has 1 unspecified atom stereocenters. The topological polar surface area (TPSA) is 0 Å². The third-order valence-electron chi connectivity index (χ3n) is 10.3. The first-order valence-corrected chi connectivity index (χ1v) is 14.5. The van der Waals surface area contributed by atoms with Gasteiger partial charge in [0, 0.05) is 0 Å². The summed E-state index contributed by atoms with van der Waals surface area (Å²) in [6.45, 7) is 10.4. The lowest BCUT2D eigenvalue weighted by Gasteiger charge is -2.48. The third-order valence-corrected chi connectivity index (χ3v) is 10.3. The average Bonchev–Trinajstić information content (AvgIpc) is 2.78. The fraction of sp³-hybridized carbons (Fsp3) is 1.00. The van der Waals surface area contributed by atoms with E-state index in [9.17, 15) is 0 Å². The van der Waals surface area contributed by atoms with Crippen LogP contribution in [-0.4, -0.2) is 0 Å². The maximum absolute atomic E-state index is 2.73. The van der Waals surface area contributed by atoms with E-state index in [0.29, 0.717) is 16.2 Å². The van der Waals surface area contributed by atoms with Gasteiger partial charge < -0.3 is 0 Å². The van der Waals surface area contributed by atoms with Gasteiger partial charge in [-0.2, -0.15) is 0 Å². The van der Waals surface area contributed by atoms with Crippen LogP contribution in [0.3, 0.4) is 0 Å². The van der Waals surface area contributed by atoms with Crippen LogP contribution in [0.25, 0.3) is 0 Å². The van der Waals surface area contributed by atoms with Crippen LogP contribution in [-0.2, 0) is 0 Å². The van der Waals surface area contributed by atoms with Gasteiger partial charge in [0.2, 0.25) is 0 Å². The summed E-state index contributed by atoms with van der Waals surface area (Å²) in [5.74, 6) is 0. The predicted octanol–water partition coefficient (Wildman–Crippen LogP) is 11.0. The molecule has 0 aromatic heterocycles. The number of hydrogen-bond donors (Lipinski definition) is 0. The molecule has 0 N–H and O–H groups in total. The molecule has 0 aliphatic heterocycles. The molecule has 2 aliphatic carbocycles. The van der Waals surface area contributed by atoms with Crippen molar-refractivity contribution in [3.63, 3.8) is 0 Å². The van der Waals surface area contributed by atoms with Gasteiger partial charge in [0.05, 0.1) is 0 Å². The molecule has 0 nitrogen and oxygen atoms in total. The van der Waals surface area contributed by atoms with Crippen LogP contribution in [0, 0.1) is 16.2 Å². The van der Waals surface area contributed by atoms with E-state index in [1.807, 2.05) is 0 Å². The summed E-state index contributed by atoms with van der Waals surface area (Å²) in [5.41, 5.74) is 1.81. The predicted molar refractivity (Wildman–Crippen MR) is 136 cm³/mol. The minimum absolute atomic E-state index is 0.571. The van der Waals surface area contributed by atoms with Crippen molar-refractivity contribution >= 4 is 0 Å². The Morgan fingerprint density at radius 3 is 0.900 bits per heavy atom. The molecule has 2 aliphatic rings. The molecular formula is C30H58. The maximum atomic E-state index is 2.73.